The molecule has 2 rings (SSSR count). The number of benzene rings is 2. The maximum atomic E-state index is 6.05. The van der Waals surface area contributed by atoms with E-state index in [0.29, 0.717) is 30.4 Å². The van der Waals surface area contributed by atoms with Gasteiger partial charge in [-0.05, 0) is 55.3 Å². The minimum Gasteiger partial charge on any atom is -0.494 e. The monoisotopic (exact) mass is 345 g/mol. The van der Waals surface area contributed by atoms with Crippen LogP contribution in [0.1, 0.15) is 24.0 Å². The van der Waals surface area contributed by atoms with E-state index in [2.05, 4.69) is 12.1 Å². The van der Waals surface area contributed by atoms with Crippen LogP contribution in [-0.2, 0) is 6.42 Å². The van der Waals surface area contributed by atoms with E-state index in [-0.39, 0.29) is 5.92 Å². The second kappa shape index (κ2) is 9.18. The normalized spacial score (nSPS) is 11.7. The Hall–Kier alpha value is -2.40. The molecular weight excluding hydrogens is 318 g/mol. The summed E-state index contributed by atoms with van der Waals surface area (Å²) >= 11 is 0. The van der Waals surface area contributed by atoms with Gasteiger partial charge < -0.3 is 24.7 Å². The fourth-order valence-electron chi connectivity index (χ4n) is 2.90. The zero-order valence-electron chi connectivity index (χ0n) is 15.4. The molecule has 2 aromatic rings. The molecule has 0 spiro atoms. The Morgan fingerprint density at radius 1 is 0.960 bits per heavy atom. The summed E-state index contributed by atoms with van der Waals surface area (Å²) in [6.07, 6.45) is 0.767. The van der Waals surface area contributed by atoms with Gasteiger partial charge in [-0.15, -0.1) is 0 Å². The van der Waals surface area contributed by atoms with Crippen LogP contribution in [0.25, 0.3) is 0 Å². The number of hydrogen-bond donors (Lipinski definition) is 1. The molecule has 0 aliphatic rings. The summed E-state index contributed by atoms with van der Waals surface area (Å²) in [5.41, 5.74) is 8.28. The molecule has 0 amide bonds. The molecule has 25 heavy (non-hydrogen) atoms. The summed E-state index contributed by atoms with van der Waals surface area (Å²) in [6.45, 7) is 3.15. The molecule has 136 valence electrons. The predicted octanol–water partition coefficient (Wildman–Crippen LogP) is 3.40. The van der Waals surface area contributed by atoms with Gasteiger partial charge in [0.25, 0.3) is 0 Å². The maximum absolute atomic E-state index is 6.05. The molecule has 5 nitrogen and oxygen atoms in total. The minimum absolute atomic E-state index is 0.170. The van der Waals surface area contributed by atoms with Crippen molar-refractivity contribution in [3.8, 4) is 23.0 Å². The zero-order chi connectivity index (χ0) is 18.2. The van der Waals surface area contributed by atoms with Crippen molar-refractivity contribution in [3.05, 3.63) is 47.5 Å². The van der Waals surface area contributed by atoms with Gasteiger partial charge in [0, 0.05) is 5.92 Å². The lowest BCUT2D eigenvalue weighted by atomic mass is 9.91. The molecule has 2 N–H and O–H groups in total. The van der Waals surface area contributed by atoms with E-state index >= 15 is 0 Å². The van der Waals surface area contributed by atoms with Crippen LogP contribution in [0.4, 0.5) is 0 Å². The Morgan fingerprint density at radius 2 is 1.64 bits per heavy atom. The van der Waals surface area contributed by atoms with Crippen molar-refractivity contribution in [2.75, 3.05) is 34.5 Å². The molecule has 1 unspecified atom stereocenters. The fraction of sp³-hybridized carbons (Fsp3) is 0.400. The SMILES string of the molecule is CCOc1cccc(C(CN)Cc2cc(OC)c(OC)c(OC)c2)c1. The Bertz CT molecular complexity index is 662. The smallest absolute Gasteiger partial charge is 0.203 e. The third-order valence-corrected chi connectivity index (χ3v) is 4.13. The van der Waals surface area contributed by atoms with Crippen LogP contribution in [0.15, 0.2) is 36.4 Å². The molecule has 0 aliphatic carbocycles. The van der Waals surface area contributed by atoms with Gasteiger partial charge in [0.05, 0.1) is 27.9 Å². The summed E-state index contributed by atoms with van der Waals surface area (Å²) in [5, 5.41) is 0. The van der Waals surface area contributed by atoms with Gasteiger partial charge in [-0.1, -0.05) is 12.1 Å². The first-order valence-electron chi connectivity index (χ1n) is 8.38. The van der Waals surface area contributed by atoms with Crippen molar-refractivity contribution >= 4 is 0 Å². The lowest BCUT2D eigenvalue weighted by Crippen LogP contribution is -2.15. The van der Waals surface area contributed by atoms with Gasteiger partial charge in [-0.25, -0.2) is 0 Å². The Morgan fingerprint density at radius 3 is 2.16 bits per heavy atom. The minimum atomic E-state index is 0.170. The molecule has 0 aromatic heterocycles. The number of methoxy groups -OCH3 is 3. The summed E-state index contributed by atoms with van der Waals surface area (Å²) in [7, 11) is 4.84. The van der Waals surface area contributed by atoms with Crippen molar-refractivity contribution < 1.29 is 18.9 Å². The first-order valence-corrected chi connectivity index (χ1v) is 8.38. The van der Waals surface area contributed by atoms with Crippen LogP contribution < -0.4 is 24.7 Å². The number of rotatable bonds is 9. The fourth-order valence-corrected chi connectivity index (χ4v) is 2.90. The second-order valence-corrected chi connectivity index (χ2v) is 5.68. The van der Waals surface area contributed by atoms with E-state index in [0.717, 1.165) is 23.3 Å². The number of nitrogens with two attached hydrogens (primary N) is 1. The lowest BCUT2D eigenvalue weighted by molar-refractivity contribution is 0.323. The Kier molecular flexibility index (Phi) is 6.95. The molecule has 0 radical (unpaired) electrons. The highest BCUT2D eigenvalue weighted by Crippen LogP contribution is 2.39. The molecule has 1 atom stereocenters. The average Bonchev–Trinajstić information content (AvgIpc) is 2.65. The summed E-state index contributed by atoms with van der Waals surface area (Å²) in [6, 6.07) is 12.0. The summed E-state index contributed by atoms with van der Waals surface area (Å²) in [4.78, 5) is 0. The maximum Gasteiger partial charge on any atom is 0.203 e. The quantitative estimate of drug-likeness (QED) is 0.755. The van der Waals surface area contributed by atoms with Crippen molar-refractivity contribution in [2.24, 2.45) is 5.73 Å². The Balaban J connectivity index is 2.31. The first kappa shape index (κ1) is 18.9. The predicted molar refractivity (Wildman–Crippen MR) is 99.2 cm³/mol. The van der Waals surface area contributed by atoms with Crippen molar-refractivity contribution in [1.29, 1.82) is 0 Å². The molecule has 0 saturated carbocycles. The highest BCUT2D eigenvalue weighted by molar-refractivity contribution is 5.54. The van der Waals surface area contributed by atoms with Crippen LogP contribution in [0.3, 0.4) is 0 Å². The van der Waals surface area contributed by atoms with Gasteiger partial charge in [0.15, 0.2) is 11.5 Å². The van der Waals surface area contributed by atoms with Gasteiger partial charge in [-0.2, -0.15) is 0 Å². The summed E-state index contributed by atoms with van der Waals surface area (Å²) < 4.78 is 21.8. The third-order valence-electron chi connectivity index (χ3n) is 4.13. The highest BCUT2D eigenvalue weighted by atomic mass is 16.5. The van der Waals surface area contributed by atoms with E-state index in [1.165, 1.54) is 0 Å². The van der Waals surface area contributed by atoms with Crippen molar-refractivity contribution in [3.63, 3.8) is 0 Å². The van der Waals surface area contributed by atoms with Gasteiger partial charge in [0.1, 0.15) is 5.75 Å². The van der Waals surface area contributed by atoms with E-state index in [1.807, 2.05) is 31.2 Å². The van der Waals surface area contributed by atoms with Crippen LogP contribution in [0, 0.1) is 0 Å². The van der Waals surface area contributed by atoms with E-state index < -0.39 is 0 Å². The largest absolute Gasteiger partial charge is 0.494 e. The number of ether oxygens (including phenoxy) is 4. The van der Waals surface area contributed by atoms with Crippen LogP contribution in [0.2, 0.25) is 0 Å². The van der Waals surface area contributed by atoms with E-state index in [9.17, 15) is 0 Å². The molecule has 2 aromatic carbocycles. The second-order valence-electron chi connectivity index (χ2n) is 5.68. The molecule has 0 bridgehead atoms. The van der Waals surface area contributed by atoms with Crippen molar-refractivity contribution in [1.82, 2.24) is 0 Å². The first-order chi connectivity index (χ1) is 12.2. The topological polar surface area (TPSA) is 62.9 Å². The van der Waals surface area contributed by atoms with E-state index in [1.54, 1.807) is 21.3 Å². The van der Waals surface area contributed by atoms with Crippen LogP contribution in [0.5, 0.6) is 23.0 Å². The van der Waals surface area contributed by atoms with Gasteiger partial charge in [0.2, 0.25) is 5.75 Å². The highest BCUT2D eigenvalue weighted by Gasteiger charge is 2.17. The van der Waals surface area contributed by atoms with Crippen molar-refractivity contribution in [2.45, 2.75) is 19.3 Å². The third kappa shape index (κ3) is 4.57. The molecule has 0 heterocycles. The zero-order valence-corrected chi connectivity index (χ0v) is 15.4. The van der Waals surface area contributed by atoms with Crippen LogP contribution in [-0.4, -0.2) is 34.5 Å². The molecule has 0 aliphatic heterocycles. The van der Waals surface area contributed by atoms with Gasteiger partial charge >= 0.3 is 0 Å². The van der Waals surface area contributed by atoms with Gasteiger partial charge in [-0.3, -0.25) is 0 Å². The lowest BCUT2D eigenvalue weighted by Gasteiger charge is -2.19. The summed E-state index contributed by atoms with van der Waals surface area (Å²) in [5.74, 6) is 2.93. The van der Waals surface area contributed by atoms with E-state index in [4.69, 9.17) is 24.7 Å². The number of hydrogen-bond acceptors (Lipinski definition) is 5. The van der Waals surface area contributed by atoms with Crippen LogP contribution >= 0.6 is 0 Å². The molecule has 0 fully saturated rings. The average molecular weight is 345 g/mol. The molecule has 5 heteroatoms. The standard InChI is InChI=1S/C20H27NO4/c1-5-25-17-8-6-7-15(12-17)16(13-21)9-14-10-18(22-2)20(24-4)19(11-14)23-3/h6-8,10-12,16H,5,9,13,21H2,1-4H3. The Labute approximate surface area is 149 Å². The molecular formula is C20H27NO4. The molecule has 0 saturated heterocycles.